The first-order valence-corrected chi connectivity index (χ1v) is 7.32. The Kier molecular flexibility index (Phi) is 5.89. The van der Waals surface area contributed by atoms with Crippen molar-refractivity contribution in [1.29, 1.82) is 5.26 Å². The van der Waals surface area contributed by atoms with Crippen molar-refractivity contribution >= 4 is 33.7 Å². The van der Waals surface area contributed by atoms with Crippen LogP contribution in [0.25, 0.3) is 0 Å². The van der Waals surface area contributed by atoms with E-state index in [-0.39, 0.29) is 45.3 Å². The monoisotopic (exact) mass is 367 g/mol. The van der Waals surface area contributed by atoms with Crippen LogP contribution in [0.3, 0.4) is 0 Å². The number of halogens is 4. The lowest BCUT2D eigenvalue weighted by molar-refractivity contribution is -0.0328. The highest BCUT2D eigenvalue weighted by molar-refractivity contribution is 9.08. The van der Waals surface area contributed by atoms with Gasteiger partial charge in [0.05, 0.1) is 17.7 Å². The van der Waals surface area contributed by atoms with Crippen LogP contribution in [-0.4, -0.2) is 18.1 Å². The summed E-state index contributed by atoms with van der Waals surface area (Å²) in [5.41, 5.74) is -4.36. The molecule has 0 atom stereocenters. The molecule has 1 aromatic carbocycles. The lowest BCUT2D eigenvalue weighted by Crippen LogP contribution is -2.09. The molecule has 0 radical (unpaired) electrons. The van der Waals surface area contributed by atoms with Crippen molar-refractivity contribution in [1.82, 2.24) is 0 Å². The van der Waals surface area contributed by atoms with Crippen LogP contribution in [0.1, 0.15) is 28.4 Å². The molecule has 0 saturated heterocycles. The van der Waals surface area contributed by atoms with Crippen LogP contribution in [0.4, 0.5) is 13.2 Å². The summed E-state index contributed by atoms with van der Waals surface area (Å²) in [5.74, 6) is -0.811. The summed E-state index contributed by atoms with van der Waals surface area (Å²) < 4.78 is 42.2. The minimum absolute atomic E-state index is 0.00979. The Bertz CT molecular complexity index is 555. The van der Waals surface area contributed by atoms with E-state index in [2.05, 4.69) is 15.9 Å². The number of benzene rings is 1. The molecule has 20 heavy (non-hydrogen) atoms. The second kappa shape index (κ2) is 6.99. The van der Waals surface area contributed by atoms with Crippen molar-refractivity contribution in [3.05, 3.63) is 28.8 Å². The Morgan fingerprint density at radius 1 is 1.50 bits per heavy atom. The van der Waals surface area contributed by atoms with Gasteiger partial charge in [0.2, 0.25) is 0 Å². The smallest absolute Gasteiger partial charge is 0.446 e. The van der Waals surface area contributed by atoms with E-state index >= 15 is 0 Å². The van der Waals surface area contributed by atoms with Gasteiger partial charge in [-0.1, -0.05) is 15.9 Å². The second-order valence-electron chi connectivity index (χ2n) is 3.52. The second-order valence-corrected chi connectivity index (χ2v) is 5.19. The van der Waals surface area contributed by atoms with Crippen LogP contribution in [0.2, 0.25) is 0 Å². The van der Waals surface area contributed by atoms with Gasteiger partial charge in [-0.15, -0.1) is 0 Å². The van der Waals surface area contributed by atoms with E-state index in [1.165, 1.54) is 6.07 Å². The Labute approximate surface area is 126 Å². The summed E-state index contributed by atoms with van der Waals surface area (Å²) in [6.07, 6.45) is 0. The fraction of sp³-hybridized carbons (Fsp3) is 0.333. The van der Waals surface area contributed by atoms with Crippen LogP contribution < -0.4 is 0 Å². The Morgan fingerprint density at radius 2 is 2.15 bits per heavy atom. The minimum Gasteiger partial charge on any atom is -0.462 e. The number of carbonyl (C=O) groups is 1. The van der Waals surface area contributed by atoms with Crippen molar-refractivity contribution < 1.29 is 22.7 Å². The normalized spacial score (nSPS) is 11.0. The maximum atomic E-state index is 12.5. The van der Waals surface area contributed by atoms with Crippen molar-refractivity contribution in [3.63, 3.8) is 0 Å². The number of hydrogen-bond acceptors (Lipinski definition) is 4. The third-order valence-corrected chi connectivity index (χ3v) is 3.62. The van der Waals surface area contributed by atoms with Gasteiger partial charge in [0.1, 0.15) is 6.07 Å². The van der Waals surface area contributed by atoms with Crippen LogP contribution in [0, 0.1) is 11.3 Å². The molecule has 108 valence electrons. The molecule has 3 nitrogen and oxygen atoms in total. The van der Waals surface area contributed by atoms with E-state index in [9.17, 15) is 18.0 Å². The molecule has 0 heterocycles. The first kappa shape index (κ1) is 16.9. The number of carbonyl (C=O) groups excluding carboxylic acids is 1. The van der Waals surface area contributed by atoms with Crippen molar-refractivity contribution in [2.75, 3.05) is 6.61 Å². The maximum absolute atomic E-state index is 12.5. The number of esters is 1. The lowest BCUT2D eigenvalue weighted by Gasteiger charge is -2.12. The quantitative estimate of drug-likeness (QED) is 0.453. The zero-order valence-corrected chi connectivity index (χ0v) is 12.7. The van der Waals surface area contributed by atoms with Gasteiger partial charge < -0.3 is 4.74 Å². The topological polar surface area (TPSA) is 50.1 Å². The molecule has 0 aliphatic heterocycles. The standard InChI is InChI=1S/C12H9BrF3NO2S/c1-2-19-11(18)9-4-10(20-12(14,15)16)7(5-13)3-8(9)6-17/h3-4H,2,5H2,1H3. The van der Waals surface area contributed by atoms with Gasteiger partial charge in [-0.25, -0.2) is 4.79 Å². The number of nitrogens with zero attached hydrogens (tertiary/aromatic N) is 1. The Balaban J connectivity index is 3.34. The molecule has 0 aliphatic rings. The zero-order valence-electron chi connectivity index (χ0n) is 10.3. The summed E-state index contributed by atoms with van der Waals surface area (Å²) in [6, 6.07) is 4.09. The first-order chi connectivity index (χ1) is 9.32. The number of alkyl halides is 4. The predicted octanol–water partition coefficient (Wildman–Crippen LogP) is 4.24. The van der Waals surface area contributed by atoms with Gasteiger partial charge in [0.25, 0.3) is 0 Å². The molecule has 0 N–H and O–H groups in total. The Hall–Kier alpha value is -1.20. The summed E-state index contributed by atoms with van der Waals surface area (Å²) >= 11 is 2.74. The molecule has 0 unspecified atom stereocenters. The van der Waals surface area contributed by atoms with Gasteiger partial charge >= 0.3 is 11.5 Å². The van der Waals surface area contributed by atoms with Gasteiger partial charge in [-0.05, 0) is 36.4 Å². The number of hydrogen-bond donors (Lipinski definition) is 0. The van der Waals surface area contributed by atoms with Crippen LogP contribution >= 0.6 is 27.7 Å². The largest absolute Gasteiger partial charge is 0.462 e. The number of rotatable bonds is 4. The number of thioether (sulfide) groups is 1. The third kappa shape index (κ3) is 4.42. The molecule has 8 heteroatoms. The lowest BCUT2D eigenvalue weighted by atomic mass is 10.1. The fourth-order valence-electron chi connectivity index (χ4n) is 1.42. The van der Waals surface area contributed by atoms with Crippen LogP contribution in [0.15, 0.2) is 17.0 Å². The van der Waals surface area contributed by atoms with E-state index in [1.807, 2.05) is 0 Å². The zero-order chi connectivity index (χ0) is 15.3. The van der Waals surface area contributed by atoms with Crippen LogP contribution in [-0.2, 0) is 10.1 Å². The summed E-state index contributed by atoms with van der Waals surface area (Å²) in [6.45, 7) is 1.65. The van der Waals surface area contributed by atoms with Crippen molar-refractivity contribution in [2.24, 2.45) is 0 Å². The Morgan fingerprint density at radius 3 is 2.60 bits per heavy atom. The van der Waals surface area contributed by atoms with Gasteiger partial charge in [0, 0.05) is 10.2 Å². The molecule has 1 rings (SSSR count). The van der Waals surface area contributed by atoms with E-state index in [4.69, 9.17) is 10.00 Å². The van der Waals surface area contributed by atoms with E-state index in [1.54, 1.807) is 13.0 Å². The van der Waals surface area contributed by atoms with Crippen molar-refractivity contribution in [2.45, 2.75) is 22.7 Å². The van der Waals surface area contributed by atoms with Gasteiger partial charge in [-0.3, -0.25) is 0 Å². The van der Waals surface area contributed by atoms with Gasteiger partial charge in [0.15, 0.2) is 0 Å². The minimum atomic E-state index is -4.48. The van der Waals surface area contributed by atoms with Gasteiger partial charge in [-0.2, -0.15) is 18.4 Å². The SMILES string of the molecule is CCOC(=O)c1cc(SC(F)(F)F)c(CBr)cc1C#N. The van der Waals surface area contributed by atoms with E-state index in [0.29, 0.717) is 0 Å². The molecule has 0 bridgehead atoms. The molecule has 0 aliphatic carbocycles. The fourth-order valence-corrected chi connectivity index (χ4v) is 2.76. The number of nitriles is 1. The van der Waals surface area contributed by atoms with E-state index in [0.717, 1.165) is 6.07 Å². The molecule has 0 saturated carbocycles. The van der Waals surface area contributed by atoms with E-state index < -0.39 is 11.5 Å². The molecule has 1 aromatic rings. The average Bonchev–Trinajstić information content (AvgIpc) is 2.36. The first-order valence-electron chi connectivity index (χ1n) is 5.38. The molecule has 0 amide bonds. The summed E-state index contributed by atoms with van der Waals surface area (Å²) in [7, 11) is 0. The van der Waals surface area contributed by atoms with Crippen LogP contribution in [0.5, 0.6) is 0 Å². The highest BCUT2D eigenvalue weighted by Crippen LogP contribution is 2.40. The summed E-state index contributed by atoms with van der Waals surface area (Å²) in [5, 5.41) is 9.12. The third-order valence-electron chi connectivity index (χ3n) is 2.19. The highest BCUT2D eigenvalue weighted by Gasteiger charge is 2.31. The predicted molar refractivity (Wildman–Crippen MR) is 71.7 cm³/mol. The molecular weight excluding hydrogens is 359 g/mol. The average molecular weight is 368 g/mol. The molecule has 0 spiro atoms. The molecule has 0 fully saturated rings. The summed E-state index contributed by atoms with van der Waals surface area (Å²) in [4.78, 5) is 11.5. The number of ether oxygens (including phenoxy) is 1. The molecule has 0 aromatic heterocycles. The maximum Gasteiger partial charge on any atom is 0.446 e. The highest BCUT2D eigenvalue weighted by atomic mass is 79.9. The molecular formula is C12H9BrF3NO2S. The van der Waals surface area contributed by atoms with Crippen molar-refractivity contribution in [3.8, 4) is 6.07 Å².